The second-order valence-corrected chi connectivity index (χ2v) is 10.1. The van der Waals surface area contributed by atoms with Crippen molar-refractivity contribution in [2.24, 2.45) is 0 Å². The van der Waals surface area contributed by atoms with E-state index in [0.717, 1.165) is 63.5 Å². The molecule has 10 heteroatoms. The van der Waals surface area contributed by atoms with E-state index in [2.05, 4.69) is 26.6 Å². The van der Waals surface area contributed by atoms with Gasteiger partial charge in [-0.2, -0.15) is 11.8 Å². The molecule has 0 aromatic heterocycles. The van der Waals surface area contributed by atoms with Gasteiger partial charge in [-0.15, -0.1) is 0 Å². The molecule has 1 unspecified atom stereocenters. The van der Waals surface area contributed by atoms with Gasteiger partial charge in [0.1, 0.15) is 0 Å². The molecule has 3 atom stereocenters. The van der Waals surface area contributed by atoms with Crippen molar-refractivity contribution in [3.63, 3.8) is 0 Å². The van der Waals surface area contributed by atoms with E-state index in [0.29, 0.717) is 37.6 Å². The Morgan fingerprint density at radius 3 is 2.00 bits per heavy atom. The fourth-order valence-electron chi connectivity index (χ4n) is 4.21. The van der Waals surface area contributed by atoms with Gasteiger partial charge in [0.25, 0.3) is 0 Å². The molecule has 0 aromatic carbocycles. The van der Waals surface area contributed by atoms with E-state index < -0.39 is 0 Å². The Labute approximate surface area is 201 Å². The van der Waals surface area contributed by atoms with Crippen molar-refractivity contribution in [1.82, 2.24) is 26.6 Å². The van der Waals surface area contributed by atoms with E-state index in [1.807, 2.05) is 11.8 Å². The fraction of sp³-hybridized carbons (Fsp3) is 0.826. The first-order chi connectivity index (χ1) is 16.0. The first-order valence-electron chi connectivity index (χ1n) is 12.4. The Hall–Kier alpha value is -1.97. The maximum Gasteiger partial charge on any atom is 0.315 e. The van der Waals surface area contributed by atoms with Gasteiger partial charge < -0.3 is 26.6 Å². The van der Waals surface area contributed by atoms with Crippen LogP contribution in [0.3, 0.4) is 0 Å². The van der Waals surface area contributed by atoms with Crippen LogP contribution in [0.1, 0.15) is 77.0 Å². The lowest BCUT2D eigenvalue weighted by atomic mass is 10.0. The highest BCUT2D eigenvalue weighted by atomic mass is 32.2. The highest BCUT2D eigenvalue weighted by Gasteiger charge is 2.42. The van der Waals surface area contributed by atoms with Crippen molar-refractivity contribution in [2.45, 2.75) is 94.4 Å². The predicted octanol–water partition coefficient (Wildman–Crippen LogP) is 1.81. The van der Waals surface area contributed by atoms with E-state index in [4.69, 9.17) is 0 Å². The fourth-order valence-corrected chi connectivity index (χ4v) is 5.75. The number of hydrogen-bond acceptors (Lipinski definition) is 5. The monoisotopic (exact) mass is 483 g/mol. The standard InChI is InChI=1S/C23H41N5O4S/c1-24-19(29)11-4-2-8-14-25-20(30)12-5-3-9-15-26-21(31)13-7-6-10-18-22-17(16-33-18)27-23(32)28-22/h17-18,22H,2-16H2,1H3,(H,24,29)(H,25,30)(H,26,31)(H2,27,28,32)/t17-,18?,22-/m0/s1. The third-order valence-corrected chi connectivity index (χ3v) is 7.67. The van der Waals surface area contributed by atoms with Crippen LogP contribution in [0.15, 0.2) is 0 Å². The minimum atomic E-state index is -0.0544. The summed E-state index contributed by atoms with van der Waals surface area (Å²) in [5, 5.41) is 14.9. The van der Waals surface area contributed by atoms with Gasteiger partial charge in [0.05, 0.1) is 12.1 Å². The number of nitrogens with one attached hydrogen (secondary N) is 5. The summed E-state index contributed by atoms with van der Waals surface area (Å²) >= 11 is 1.91. The van der Waals surface area contributed by atoms with Gasteiger partial charge in [0.15, 0.2) is 0 Å². The Morgan fingerprint density at radius 2 is 1.39 bits per heavy atom. The Bertz CT molecular complexity index is 648. The summed E-state index contributed by atoms with van der Waals surface area (Å²) in [7, 11) is 1.64. The summed E-state index contributed by atoms with van der Waals surface area (Å²) in [6.07, 6.45) is 9.79. The SMILES string of the molecule is CNC(=O)CCCCCNC(=O)CCCCCNC(=O)CCCCC1SC[C@@H]2NC(=O)N[C@H]12. The number of unbranched alkanes of at least 4 members (excludes halogenated alkanes) is 5. The van der Waals surface area contributed by atoms with Gasteiger partial charge in [0, 0.05) is 50.4 Å². The number of amides is 5. The molecule has 5 N–H and O–H groups in total. The van der Waals surface area contributed by atoms with E-state index in [1.54, 1.807) is 7.05 Å². The zero-order valence-electron chi connectivity index (χ0n) is 19.9. The normalized spacial score (nSPS) is 21.1. The lowest BCUT2D eigenvalue weighted by Crippen LogP contribution is -2.36. The highest BCUT2D eigenvalue weighted by molar-refractivity contribution is 8.00. The lowest BCUT2D eigenvalue weighted by molar-refractivity contribution is -0.122. The van der Waals surface area contributed by atoms with Gasteiger partial charge in [0.2, 0.25) is 17.7 Å². The zero-order chi connectivity index (χ0) is 23.9. The van der Waals surface area contributed by atoms with Crippen LogP contribution in [0.5, 0.6) is 0 Å². The molecule has 0 aliphatic carbocycles. The number of thioether (sulfide) groups is 1. The van der Waals surface area contributed by atoms with E-state index in [-0.39, 0.29) is 35.8 Å². The highest BCUT2D eigenvalue weighted by Crippen LogP contribution is 2.33. The minimum Gasteiger partial charge on any atom is -0.359 e. The third-order valence-electron chi connectivity index (χ3n) is 6.17. The summed E-state index contributed by atoms with van der Waals surface area (Å²) < 4.78 is 0. The summed E-state index contributed by atoms with van der Waals surface area (Å²) in [6, 6.07) is 0.438. The molecule has 0 aromatic rings. The number of fused-ring (bicyclic) bond motifs is 1. The third kappa shape index (κ3) is 11.1. The first-order valence-corrected chi connectivity index (χ1v) is 13.5. The van der Waals surface area contributed by atoms with Crippen molar-refractivity contribution >= 4 is 35.5 Å². The van der Waals surface area contributed by atoms with Crippen molar-refractivity contribution in [3.05, 3.63) is 0 Å². The smallest absolute Gasteiger partial charge is 0.315 e. The molecule has 188 valence electrons. The molecular weight excluding hydrogens is 442 g/mol. The molecule has 0 radical (unpaired) electrons. The van der Waals surface area contributed by atoms with Gasteiger partial charge in [-0.05, 0) is 38.5 Å². The first kappa shape index (κ1) is 27.3. The zero-order valence-corrected chi connectivity index (χ0v) is 20.7. The largest absolute Gasteiger partial charge is 0.359 e. The number of hydrogen-bond donors (Lipinski definition) is 5. The molecule has 2 fully saturated rings. The number of carbonyl (C=O) groups is 4. The van der Waals surface area contributed by atoms with Crippen LogP contribution in [0.2, 0.25) is 0 Å². The second kappa shape index (κ2) is 15.8. The number of urea groups is 1. The molecule has 33 heavy (non-hydrogen) atoms. The van der Waals surface area contributed by atoms with Crippen molar-refractivity contribution < 1.29 is 19.2 Å². The van der Waals surface area contributed by atoms with Crippen molar-refractivity contribution in [2.75, 3.05) is 25.9 Å². The molecule has 0 bridgehead atoms. The summed E-state index contributed by atoms with van der Waals surface area (Å²) in [5.41, 5.74) is 0. The summed E-state index contributed by atoms with van der Waals surface area (Å²) in [6.45, 7) is 1.32. The quantitative estimate of drug-likeness (QED) is 0.159. The molecule has 2 rings (SSSR count). The molecule has 2 heterocycles. The molecule has 2 aliphatic heterocycles. The maximum atomic E-state index is 12.0. The van der Waals surface area contributed by atoms with E-state index in [9.17, 15) is 19.2 Å². The van der Waals surface area contributed by atoms with Crippen molar-refractivity contribution in [3.8, 4) is 0 Å². The van der Waals surface area contributed by atoms with Gasteiger partial charge in [-0.3, -0.25) is 14.4 Å². The average Bonchev–Trinajstić information content (AvgIpc) is 3.35. The van der Waals surface area contributed by atoms with Crippen LogP contribution in [-0.4, -0.2) is 67.0 Å². The van der Waals surface area contributed by atoms with Crippen LogP contribution in [-0.2, 0) is 14.4 Å². The van der Waals surface area contributed by atoms with E-state index in [1.165, 1.54) is 0 Å². The Balaban J connectivity index is 1.34. The predicted molar refractivity (Wildman–Crippen MR) is 131 cm³/mol. The molecular formula is C23H41N5O4S. The molecule has 5 amide bonds. The molecule has 2 saturated heterocycles. The molecule has 2 aliphatic rings. The molecule has 0 saturated carbocycles. The maximum absolute atomic E-state index is 12.0. The number of rotatable bonds is 17. The van der Waals surface area contributed by atoms with Crippen LogP contribution >= 0.6 is 11.8 Å². The Kier molecular flexibility index (Phi) is 13.1. The van der Waals surface area contributed by atoms with Crippen LogP contribution in [0.4, 0.5) is 4.79 Å². The Morgan fingerprint density at radius 1 is 0.818 bits per heavy atom. The summed E-state index contributed by atoms with van der Waals surface area (Å²) in [4.78, 5) is 46.3. The van der Waals surface area contributed by atoms with Gasteiger partial charge in [-0.1, -0.05) is 19.3 Å². The topological polar surface area (TPSA) is 128 Å². The van der Waals surface area contributed by atoms with Gasteiger partial charge >= 0.3 is 6.03 Å². The van der Waals surface area contributed by atoms with Crippen molar-refractivity contribution in [1.29, 1.82) is 0 Å². The van der Waals surface area contributed by atoms with Crippen LogP contribution < -0.4 is 26.6 Å². The second-order valence-electron chi connectivity index (χ2n) is 8.86. The van der Waals surface area contributed by atoms with Gasteiger partial charge in [-0.25, -0.2) is 4.79 Å². The summed E-state index contributed by atoms with van der Waals surface area (Å²) in [5.74, 6) is 1.20. The van der Waals surface area contributed by atoms with Crippen LogP contribution in [0.25, 0.3) is 0 Å². The molecule has 9 nitrogen and oxygen atoms in total. The lowest BCUT2D eigenvalue weighted by Gasteiger charge is -2.16. The number of carbonyl (C=O) groups excluding carboxylic acids is 4. The average molecular weight is 484 g/mol. The molecule has 0 spiro atoms. The minimum absolute atomic E-state index is 0.0544. The van der Waals surface area contributed by atoms with Crippen LogP contribution in [0, 0.1) is 0 Å². The van der Waals surface area contributed by atoms with E-state index >= 15 is 0 Å².